The predicted octanol–water partition coefficient (Wildman–Crippen LogP) is 0.790. The lowest BCUT2D eigenvalue weighted by Gasteiger charge is -2.08. The van der Waals surface area contributed by atoms with Gasteiger partial charge in [0.2, 0.25) is 0 Å². The first-order chi connectivity index (χ1) is 9.06. The molecule has 4 nitrogen and oxygen atoms in total. The maximum Gasteiger partial charge on any atom is 0.491 e. The fraction of sp³-hybridized carbons (Fsp3) is 0.0769. The first kappa shape index (κ1) is 13.4. The van der Waals surface area contributed by atoms with E-state index in [-0.39, 0.29) is 23.6 Å². The molecule has 0 spiro atoms. The largest absolute Gasteiger partial charge is 0.508 e. The van der Waals surface area contributed by atoms with Gasteiger partial charge in [0, 0.05) is 11.5 Å². The van der Waals surface area contributed by atoms with Crippen molar-refractivity contribution in [3.05, 3.63) is 53.8 Å². The van der Waals surface area contributed by atoms with E-state index >= 15 is 0 Å². The quantitative estimate of drug-likeness (QED) is 0.712. The number of benzene rings is 2. The van der Waals surface area contributed by atoms with Crippen LogP contribution in [0.5, 0.6) is 11.5 Å². The van der Waals surface area contributed by atoms with E-state index in [9.17, 15) is 9.50 Å². The molecule has 2 aromatic carbocycles. The van der Waals surface area contributed by atoms with Crippen LogP contribution in [0.2, 0.25) is 0 Å². The molecule has 0 atom stereocenters. The number of hydrogen-bond acceptors (Lipinski definition) is 4. The third-order valence-electron chi connectivity index (χ3n) is 2.57. The summed E-state index contributed by atoms with van der Waals surface area (Å²) in [5.74, 6) is -0.348. The van der Waals surface area contributed by atoms with E-state index in [1.54, 1.807) is 24.3 Å². The van der Waals surface area contributed by atoms with Crippen LogP contribution < -0.4 is 10.2 Å². The number of aromatic hydroxyl groups is 1. The average Bonchev–Trinajstić information content (AvgIpc) is 2.36. The van der Waals surface area contributed by atoms with Gasteiger partial charge in [0.05, 0.1) is 0 Å². The van der Waals surface area contributed by atoms with Crippen molar-refractivity contribution in [1.29, 1.82) is 0 Å². The first-order valence-electron chi connectivity index (χ1n) is 5.62. The lowest BCUT2D eigenvalue weighted by Crippen LogP contribution is -2.32. The highest BCUT2D eigenvalue weighted by Gasteiger charge is 2.16. The van der Waals surface area contributed by atoms with Crippen LogP contribution in [0.1, 0.15) is 5.56 Å². The summed E-state index contributed by atoms with van der Waals surface area (Å²) >= 11 is 0. The summed E-state index contributed by atoms with van der Waals surface area (Å²) in [7, 11) is -1.85. The van der Waals surface area contributed by atoms with E-state index < -0.39 is 12.9 Å². The SMILES string of the molecule is OB(O)c1ccc(OCc2cccc(O)c2)cc1F. The topological polar surface area (TPSA) is 69.9 Å². The molecule has 0 aliphatic rings. The van der Waals surface area contributed by atoms with Gasteiger partial charge in [-0.05, 0) is 23.8 Å². The van der Waals surface area contributed by atoms with Crippen LogP contribution in [-0.4, -0.2) is 22.3 Å². The van der Waals surface area contributed by atoms with Crippen LogP contribution >= 0.6 is 0 Å². The summed E-state index contributed by atoms with van der Waals surface area (Å²) in [4.78, 5) is 0. The molecule has 0 heterocycles. The van der Waals surface area contributed by atoms with E-state index in [4.69, 9.17) is 14.8 Å². The second-order valence-corrected chi connectivity index (χ2v) is 4.02. The molecule has 0 aliphatic heterocycles. The van der Waals surface area contributed by atoms with Crippen molar-refractivity contribution in [3.63, 3.8) is 0 Å². The number of phenols is 1. The number of hydrogen-bond donors (Lipinski definition) is 3. The van der Waals surface area contributed by atoms with Gasteiger partial charge in [0.15, 0.2) is 0 Å². The Hall–Kier alpha value is -2.05. The predicted molar refractivity (Wildman–Crippen MR) is 68.7 cm³/mol. The standard InChI is InChI=1S/C13H12BFO4/c15-13-7-11(4-5-12(13)14(17)18)19-8-9-2-1-3-10(16)6-9/h1-7,16-18H,8H2. The molecule has 0 fully saturated rings. The molecule has 0 aromatic heterocycles. The zero-order chi connectivity index (χ0) is 13.8. The molecule has 0 saturated heterocycles. The molecule has 2 aromatic rings. The molecule has 0 bridgehead atoms. The number of phenolic OH excluding ortho intramolecular Hbond substituents is 1. The summed E-state index contributed by atoms with van der Waals surface area (Å²) in [5, 5.41) is 27.0. The lowest BCUT2D eigenvalue weighted by molar-refractivity contribution is 0.304. The van der Waals surface area contributed by atoms with Crippen molar-refractivity contribution in [3.8, 4) is 11.5 Å². The molecule has 0 saturated carbocycles. The van der Waals surface area contributed by atoms with Crippen LogP contribution in [0.15, 0.2) is 42.5 Å². The molecule has 2 rings (SSSR count). The van der Waals surface area contributed by atoms with Crippen molar-refractivity contribution in [2.24, 2.45) is 0 Å². The normalized spacial score (nSPS) is 10.3. The second-order valence-electron chi connectivity index (χ2n) is 4.02. The zero-order valence-corrected chi connectivity index (χ0v) is 9.95. The Bertz CT molecular complexity index is 574. The summed E-state index contributed by atoms with van der Waals surface area (Å²) in [5.41, 5.74) is 0.538. The molecular formula is C13H12BFO4. The van der Waals surface area contributed by atoms with Gasteiger partial charge < -0.3 is 19.9 Å². The van der Waals surface area contributed by atoms with Crippen molar-refractivity contribution in [2.75, 3.05) is 0 Å². The van der Waals surface area contributed by atoms with E-state index in [0.29, 0.717) is 0 Å². The van der Waals surface area contributed by atoms with Crippen molar-refractivity contribution >= 4 is 12.6 Å². The molecular weight excluding hydrogens is 250 g/mol. The van der Waals surface area contributed by atoms with Gasteiger partial charge in [0.25, 0.3) is 0 Å². The highest BCUT2D eigenvalue weighted by Crippen LogP contribution is 2.16. The number of halogens is 1. The Morgan fingerprint density at radius 3 is 2.53 bits per heavy atom. The lowest BCUT2D eigenvalue weighted by atomic mass is 9.80. The van der Waals surface area contributed by atoms with Gasteiger partial charge >= 0.3 is 7.12 Å². The molecule has 0 aliphatic carbocycles. The minimum absolute atomic E-state index is 0.131. The van der Waals surface area contributed by atoms with Crippen LogP contribution in [0.3, 0.4) is 0 Å². The number of rotatable bonds is 4. The smallest absolute Gasteiger partial charge is 0.491 e. The molecule has 6 heteroatoms. The molecule has 3 N–H and O–H groups in total. The monoisotopic (exact) mass is 262 g/mol. The third kappa shape index (κ3) is 3.46. The van der Waals surface area contributed by atoms with Crippen molar-refractivity contribution < 1.29 is 24.3 Å². The molecule has 98 valence electrons. The van der Waals surface area contributed by atoms with Gasteiger partial charge in [-0.2, -0.15) is 0 Å². The van der Waals surface area contributed by atoms with Crippen LogP contribution in [-0.2, 0) is 6.61 Å². The summed E-state index contributed by atoms with van der Waals surface area (Å²) in [6.45, 7) is 0.175. The van der Waals surface area contributed by atoms with Crippen LogP contribution in [0, 0.1) is 5.82 Å². The Morgan fingerprint density at radius 2 is 1.89 bits per heavy atom. The highest BCUT2D eigenvalue weighted by atomic mass is 19.1. The maximum absolute atomic E-state index is 13.5. The number of ether oxygens (including phenoxy) is 1. The van der Waals surface area contributed by atoms with Crippen molar-refractivity contribution in [2.45, 2.75) is 6.61 Å². The van der Waals surface area contributed by atoms with E-state index in [1.807, 2.05) is 0 Å². The third-order valence-corrected chi connectivity index (χ3v) is 2.57. The van der Waals surface area contributed by atoms with Gasteiger partial charge in [-0.25, -0.2) is 4.39 Å². The van der Waals surface area contributed by atoms with E-state index in [2.05, 4.69) is 0 Å². The average molecular weight is 262 g/mol. The summed E-state index contributed by atoms with van der Waals surface area (Å²) in [6.07, 6.45) is 0. The van der Waals surface area contributed by atoms with Gasteiger partial charge in [-0.1, -0.05) is 18.2 Å². The zero-order valence-electron chi connectivity index (χ0n) is 9.95. The Balaban J connectivity index is 2.06. The Morgan fingerprint density at radius 1 is 1.11 bits per heavy atom. The Kier molecular flexibility index (Phi) is 4.04. The molecule has 0 unspecified atom stereocenters. The molecule has 0 amide bonds. The summed E-state index contributed by atoms with van der Waals surface area (Å²) < 4.78 is 18.8. The minimum Gasteiger partial charge on any atom is -0.508 e. The van der Waals surface area contributed by atoms with E-state index in [0.717, 1.165) is 11.6 Å². The first-order valence-corrected chi connectivity index (χ1v) is 5.62. The highest BCUT2D eigenvalue weighted by molar-refractivity contribution is 6.58. The minimum atomic E-state index is -1.85. The summed E-state index contributed by atoms with van der Waals surface area (Å²) in [6, 6.07) is 10.3. The fourth-order valence-corrected chi connectivity index (χ4v) is 1.62. The van der Waals surface area contributed by atoms with E-state index in [1.165, 1.54) is 12.1 Å². The molecule has 19 heavy (non-hydrogen) atoms. The van der Waals surface area contributed by atoms with Crippen LogP contribution in [0.4, 0.5) is 4.39 Å². The Labute approximate surface area is 109 Å². The molecule has 0 radical (unpaired) electrons. The van der Waals surface area contributed by atoms with Crippen LogP contribution in [0.25, 0.3) is 0 Å². The van der Waals surface area contributed by atoms with Gasteiger partial charge in [-0.15, -0.1) is 0 Å². The maximum atomic E-state index is 13.5. The van der Waals surface area contributed by atoms with Crippen molar-refractivity contribution in [1.82, 2.24) is 0 Å². The second kappa shape index (κ2) is 5.73. The van der Waals surface area contributed by atoms with Gasteiger partial charge in [0.1, 0.15) is 23.9 Å². The fourth-order valence-electron chi connectivity index (χ4n) is 1.62. The van der Waals surface area contributed by atoms with Gasteiger partial charge in [-0.3, -0.25) is 0 Å².